The topological polar surface area (TPSA) is 40.6 Å². The van der Waals surface area contributed by atoms with Crippen LogP contribution in [0.3, 0.4) is 0 Å². The van der Waals surface area contributed by atoms with Gasteiger partial charge in [-0.1, -0.05) is 60.7 Å². The van der Waals surface area contributed by atoms with Crippen LogP contribution in [-0.2, 0) is 17.8 Å². The van der Waals surface area contributed by atoms with Crippen LogP contribution in [0.2, 0.25) is 0 Å². The fraction of sp³-hybridized carbons (Fsp3) is 0.308. The van der Waals surface area contributed by atoms with E-state index < -0.39 is 0 Å². The minimum atomic E-state index is -0.108. The Hall–Kier alpha value is -3.14. The van der Waals surface area contributed by atoms with Crippen molar-refractivity contribution in [3.05, 3.63) is 83.4 Å². The summed E-state index contributed by atoms with van der Waals surface area (Å²) in [6, 6.07) is 22.2. The Labute approximate surface area is 177 Å². The number of hydrogen-bond donors (Lipinski definition) is 0. The Morgan fingerprint density at radius 3 is 2.47 bits per heavy atom. The summed E-state index contributed by atoms with van der Waals surface area (Å²) in [5.74, 6) is 0.121. The van der Waals surface area contributed by atoms with E-state index in [1.807, 2.05) is 58.3 Å². The minimum absolute atomic E-state index is 0.0355. The molecule has 2 aliphatic heterocycles. The molecule has 152 valence electrons. The maximum absolute atomic E-state index is 13.3. The maximum atomic E-state index is 13.3. The molecule has 3 aromatic carbocycles. The number of piperidine rings is 1. The number of rotatable bonds is 2. The summed E-state index contributed by atoms with van der Waals surface area (Å²) >= 11 is 0. The Morgan fingerprint density at radius 2 is 1.57 bits per heavy atom. The van der Waals surface area contributed by atoms with Gasteiger partial charge in [-0.3, -0.25) is 9.59 Å². The van der Waals surface area contributed by atoms with Gasteiger partial charge in [0.1, 0.15) is 0 Å². The lowest BCUT2D eigenvalue weighted by Crippen LogP contribution is -2.47. The number of fused-ring (bicyclic) bond motifs is 2. The molecule has 0 N–H and O–H groups in total. The fourth-order valence-corrected chi connectivity index (χ4v) is 4.89. The average Bonchev–Trinajstić information content (AvgIpc) is 2.82. The summed E-state index contributed by atoms with van der Waals surface area (Å²) in [6.07, 6.45) is 2.64. The van der Waals surface area contributed by atoms with Crippen molar-refractivity contribution in [2.24, 2.45) is 5.92 Å². The van der Waals surface area contributed by atoms with Gasteiger partial charge in [0, 0.05) is 31.7 Å². The van der Waals surface area contributed by atoms with Gasteiger partial charge in [-0.2, -0.15) is 0 Å². The van der Waals surface area contributed by atoms with Crippen LogP contribution in [0.1, 0.15) is 34.3 Å². The van der Waals surface area contributed by atoms with E-state index in [1.54, 1.807) is 0 Å². The van der Waals surface area contributed by atoms with Crippen molar-refractivity contribution in [2.75, 3.05) is 19.6 Å². The first kappa shape index (κ1) is 18.9. The number of carbonyl (C=O) groups is 2. The van der Waals surface area contributed by atoms with Gasteiger partial charge < -0.3 is 9.80 Å². The van der Waals surface area contributed by atoms with Crippen LogP contribution in [0.25, 0.3) is 10.8 Å². The third-order valence-electron chi connectivity index (χ3n) is 6.52. The van der Waals surface area contributed by atoms with Gasteiger partial charge in [0.15, 0.2) is 0 Å². The Morgan fingerprint density at radius 1 is 0.800 bits per heavy atom. The van der Waals surface area contributed by atoms with E-state index >= 15 is 0 Å². The molecule has 1 atom stereocenters. The van der Waals surface area contributed by atoms with Crippen molar-refractivity contribution in [1.29, 1.82) is 0 Å². The highest BCUT2D eigenvalue weighted by atomic mass is 16.2. The molecule has 3 aromatic rings. The van der Waals surface area contributed by atoms with Crippen molar-refractivity contribution < 1.29 is 9.59 Å². The molecule has 0 aliphatic carbocycles. The average molecular weight is 399 g/mol. The second-order valence-corrected chi connectivity index (χ2v) is 8.40. The minimum Gasteiger partial charge on any atom is -0.338 e. The number of benzene rings is 3. The maximum Gasteiger partial charge on any atom is 0.254 e. The first-order valence-corrected chi connectivity index (χ1v) is 10.8. The predicted octanol–water partition coefficient (Wildman–Crippen LogP) is 4.28. The van der Waals surface area contributed by atoms with Crippen LogP contribution in [0.5, 0.6) is 0 Å². The summed E-state index contributed by atoms with van der Waals surface area (Å²) < 4.78 is 0. The van der Waals surface area contributed by atoms with Crippen LogP contribution >= 0.6 is 0 Å². The Kier molecular flexibility index (Phi) is 4.99. The number of carbonyl (C=O) groups excluding carboxylic acids is 2. The third kappa shape index (κ3) is 3.47. The summed E-state index contributed by atoms with van der Waals surface area (Å²) in [6.45, 7) is 2.68. The molecule has 5 rings (SSSR count). The molecule has 0 saturated carbocycles. The molecule has 4 heteroatoms. The summed E-state index contributed by atoms with van der Waals surface area (Å²) in [7, 11) is 0. The van der Waals surface area contributed by atoms with Crippen LogP contribution in [-0.4, -0.2) is 41.2 Å². The molecule has 2 amide bonds. The second-order valence-electron chi connectivity index (χ2n) is 8.40. The standard InChI is InChI=1S/C26H26N2O2/c29-25(28-16-14-19-7-1-2-9-21(19)17-28)22-11-6-15-27(18-22)26(30)24-13-5-10-20-8-3-4-12-23(20)24/h1-5,7-10,12-13,22H,6,11,14-18H2/t22-/m1/s1. The quantitative estimate of drug-likeness (QED) is 0.647. The normalized spacial score (nSPS) is 18.9. The van der Waals surface area contributed by atoms with Crippen LogP contribution in [0, 0.1) is 5.92 Å². The molecule has 2 aliphatic rings. The molecule has 0 unspecified atom stereocenters. The lowest BCUT2D eigenvalue weighted by atomic mass is 9.93. The smallest absolute Gasteiger partial charge is 0.254 e. The lowest BCUT2D eigenvalue weighted by molar-refractivity contribution is -0.137. The zero-order valence-electron chi connectivity index (χ0n) is 17.1. The molecular formula is C26H26N2O2. The zero-order valence-corrected chi connectivity index (χ0v) is 17.1. The molecule has 2 heterocycles. The SMILES string of the molecule is O=C(c1cccc2ccccc12)N1CCC[C@@H](C(=O)N2CCc3ccccc3C2)C1. The van der Waals surface area contributed by atoms with Crippen molar-refractivity contribution in [1.82, 2.24) is 9.80 Å². The number of amides is 2. The summed E-state index contributed by atoms with van der Waals surface area (Å²) in [5.41, 5.74) is 3.32. The van der Waals surface area contributed by atoms with E-state index in [2.05, 4.69) is 18.2 Å². The van der Waals surface area contributed by atoms with Crippen LogP contribution < -0.4 is 0 Å². The van der Waals surface area contributed by atoms with Gasteiger partial charge >= 0.3 is 0 Å². The molecule has 0 spiro atoms. The highest BCUT2D eigenvalue weighted by Crippen LogP contribution is 2.26. The fourth-order valence-electron chi connectivity index (χ4n) is 4.89. The van der Waals surface area contributed by atoms with Gasteiger partial charge in [-0.15, -0.1) is 0 Å². The van der Waals surface area contributed by atoms with Gasteiger partial charge in [0.2, 0.25) is 5.91 Å². The third-order valence-corrected chi connectivity index (χ3v) is 6.52. The predicted molar refractivity (Wildman–Crippen MR) is 118 cm³/mol. The van der Waals surface area contributed by atoms with Gasteiger partial charge in [-0.05, 0) is 47.2 Å². The molecular weight excluding hydrogens is 372 g/mol. The van der Waals surface area contributed by atoms with Crippen molar-refractivity contribution >= 4 is 22.6 Å². The molecule has 4 nitrogen and oxygen atoms in total. The van der Waals surface area contributed by atoms with Gasteiger partial charge in [-0.25, -0.2) is 0 Å². The molecule has 30 heavy (non-hydrogen) atoms. The zero-order chi connectivity index (χ0) is 20.5. The molecule has 0 aromatic heterocycles. The molecule has 0 bridgehead atoms. The molecule has 1 saturated heterocycles. The van der Waals surface area contributed by atoms with Gasteiger partial charge in [0.25, 0.3) is 5.91 Å². The number of nitrogens with zero attached hydrogens (tertiary/aromatic N) is 2. The first-order valence-electron chi connectivity index (χ1n) is 10.8. The van der Waals surface area contributed by atoms with Crippen molar-refractivity contribution in [3.8, 4) is 0 Å². The monoisotopic (exact) mass is 398 g/mol. The van der Waals surface area contributed by atoms with E-state index in [9.17, 15) is 9.59 Å². The largest absolute Gasteiger partial charge is 0.338 e. The van der Waals surface area contributed by atoms with E-state index in [4.69, 9.17) is 0 Å². The van der Waals surface area contributed by atoms with E-state index in [-0.39, 0.29) is 17.7 Å². The summed E-state index contributed by atoms with van der Waals surface area (Å²) in [5, 5.41) is 2.05. The number of hydrogen-bond acceptors (Lipinski definition) is 2. The summed E-state index contributed by atoms with van der Waals surface area (Å²) in [4.78, 5) is 30.5. The lowest BCUT2D eigenvalue weighted by Gasteiger charge is -2.37. The van der Waals surface area contributed by atoms with Crippen molar-refractivity contribution in [3.63, 3.8) is 0 Å². The van der Waals surface area contributed by atoms with E-state index in [0.717, 1.165) is 42.1 Å². The highest BCUT2D eigenvalue weighted by Gasteiger charge is 2.33. The van der Waals surface area contributed by atoms with Crippen LogP contribution in [0.15, 0.2) is 66.7 Å². The van der Waals surface area contributed by atoms with Crippen molar-refractivity contribution in [2.45, 2.75) is 25.8 Å². The van der Waals surface area contributed by atoms with Gasteiger partial charge in [0.05, 0.1) is 5.92 Å². The Bertz CT molecular complexity index is 1100. The first-order chi connectivity index (χ1) is 14.7. The van der Waals surface area contributed by atoms with Crippen LogP contribution in [0.4, 0.5) is 0 Å². The number of likely N-dealkylation sites (tertiary alicyclic amines) is 1. The second kappa shape index (κ2) is 7.94. The van der Waals surface area contributed by atoms with E-state index in [1.165, 1.54) is 11.1 Å². The highest BCUT2D eigenvalue weighted by molar-refractivity contribution is 6.07. The molecule has 0 radical (unpaired) electrons. The van der Waals surface area contributed by atoms with E-state index in [0.29, 0.717) is 19.6 Å². The molecule has 1 fully saturated rings. The Balaban J connectivity index is 1.32.